The van der Waals surface area contributed by atoms with Gasteiger partial charge < -0.3 is 15.8 Å². The van der Waals surface area contributed by atoms with Crippen molar-refractivity contribution in [3.63, 3.8) is 0 Å². The largest absolute Gasteiger partial charge is 0.378 e. The van der Waals surface area contributed by atoms with Crippen LogP contribution in [0.25, 0.3) is 0 Å². The topological polar surface area (TPSA) is 47.3 Å². The van der Waals surface area contributed by atoms with Crippen LogP contribution in [-0.2, 0) is 4.74 Å². The minimum absolute atomic E-state index is 0.189. The van der Waals surface area contributed by atoms with Crippen LogP contribution in [0.2, 0.25) is 0 Å². The Bertz CT molecular complexity index is 226. The highest BCUT2D eigenvalue weighted by Gasteiger charge is 2.45. The number of nitrogens with two attached hydrogens (primary N) is 1. The zero-order valence-electron chi connectivity index (χ0n) is 10.7. The third-order valence-corrected chi connectivity index (χ3v) is 4.24. The summed E-state index contributed by atoms with van der Waals surface area (Å²) in [6.45, 7) is 5.99. The first kappa shape index (κ1) is 12.3. The van der Waals surface area contributed by atoms with Crippen LogP contribution in [0.15, 0.2) is 0 Å². The van der Waals surface area contributed by atoms with Gasteiger partial charge in [-0.05, 0) is 44.9 Å². The lowest BCUT2D eigenvalue weighted by atomic mass is 9.73. The zero-order chi connectivity index (χ0) is 11.6. The molecule has 94 valence electrons. The van der Waals surface area contributed by atoms with E-state index in [1.807, 2.05) is 0 Å². The zero-order valence-corrected chi connectivity index (χ0v) is 10.7. The van der Waals surface area contributed by atoms with Crippen LogP contribution >= 0.6 is 0 Å². The normalized spacial score (nSPS) is 43.3. The fraction of sp³-hybridized carbons (Fsp3) is 1.00. The van der Waals surface area contributed by atoms with Gasteiger partial charge in [0, 0.05) is 24.7 Å². The molecule has 0 aromatic rings. The summed E-state index contributed by atoms with van der Waals surface area (Å²) in [5.74, 6) is 0.884. The lowest BCUT2D eigenvalue weighted by Crippen LogP contribution is -2.64. The van der Waals surface area contributed by atoms with Crippen LogP contribution in [-0.4, -0.2) is 30.8 Å². The van der Waals surface area contributed by atoms with Crippen LogP contribution in [0.4, 0.5) is 0 Å². The van der Waals surface area contributed by atoms with Crippen molar-refractivity contribution in [3.8, 4) is 0 Å². The summed E-state index contributed by atoms with van der Waals surface area (Å²) in [5.41, 5.74) is 6.11. The molecule has 0 spiro atoms. The van der Waals surface area contributed by atoms with E-state index in [2.05, 4.69) is 19.2 Å². The third-order valence-electron chi connectivity index (χ3n) is 4.24. The second-order valence-corrected chi connectivity index (χ2v) is 5.73. The molecule has 3 nitrogen and oxygen atoms in total. The van der Waals surface area contributed by atoms with Crippen LogP contribution in [0.1, 0.15) is 46.0 Å². The lowest BCUT2D eigenvalue weighted by molar-refractivity contribution is -0.0511. The Labute approximate surface area is 99.1 Å². The highest BCUT2D eigenvalue weighted by Crippen LogP contribution is 2.36. The molecule has 2 atom stereocenters. The Morgan fingerprint density at radius 1 is 1.38 bits per heavy atom. The van der Waals surface area contributed by atoms with Crippen molar-refractivity contribution < 1.29 is 4.74 Å². The second-order valence-electron chi connectivity index (χ2n) is 5.73. The molecule has 0 bridgehead atoms. The smallest absolute Gasteiger partial charge is 0.0611 e. The fourth-order valence-corrected chi connectivity index (χ4v) is 3.28. The van der Waals surface area contributed by atoms with E-state index in [9.17, 15) is 0 Å². The molecular weight excluding hydrogens is 200 g/mol. The maximum atomic E-state index is 5.92. The third kappa shape index (κ3) is 2.58. The summed E-state index contributed by atoms with van der Waals surface area (Å²) in [4.78, 5) is 0. The van der Waals surface area contributed by atoms with Crippen molar-refractivity contribution in [3.05, 3.63) is 0 Å². The van der Waals surface area contributed by atoms with Crippen molar-refractivity contribution >= 4 is 0 Å². The number of ether oxygens (including phenoxy) is 1. The summed E-state index contributed by atoms with van der Waals surface area (Å²) >= 11 is 0. The summed E-state index contributed by atoms with van der Waals surface area (Å²) < 4.78 is 5.62. The van der Waals surface area contributed by atoms with Crippen molar-refractivity contribution in [2.45, 2.75) is 63.6 Å². The van der Waals surface area contributed by atoms with Gasteiger partial charge in [0.1, 0.15) is 0 Å². The van der Waals surface area contributed by atoms with E-state index < -0.39 is 0 Å². The van der Waals surface area contributed by atoms with Gasteiger partial charge in [-0.15, -0.1) is 0 Å². The van der Waals surface area contributed by atoms with E-state index in [0.29, 0.717) is 12.1 Å². The van der Waals surface area contributed by atoms with E-state index in [4.69, 9.17) is 10.5 Å². The summed E-state index contributed by atoms with van der Waals surface area (Å²) in [5, 5.41) is 3.79. The highest BCUT2D eigenvalue weighted by molar-refractivity contribution is 5.05. The van der Waals surface area contributed by atoms with Crippen LogP contribution in [0, 0.1) is 5.92 Å². The van der Waals surface area contributed by atoms with E-state index in [-0.39, 0.29) is 5.54 Å². The van der Waals surface area contributed by atoms with Gasteiger partial charge in [-0.1, -0.05) is 6.92 Å². The minimum atomic E-state index is 0.189. The van der Waals surface area contributed by atoms with Crippen molar-refractivity contribution in [1.29, 1.82) is 0 Å². The molecule has 0 aromatic heterocycles. The summed E-state index contributed by atoms with van der Waals surface area (Å²) in [6, 6.07) is 0.695. The Morgan fingerprint density at radius 2 is 2.12 bits per heavy atom. The van der Waals surface area contributed by atoms with Crippen molar-refractivity contribution in [2.24, 2.45) is 11.7 Å². The van der Waals surface area contributed by atoms with Gasteiger partial charge in [0.15, 0.2) is 0 Å². The average molecular weight is 226 g/mol. The first-order valence-electron chi connectivity index (χ1n) is 6.77. The molecule has 0 radical (unpaired) electrons. The molecule has 0 aliphatic heterocycles. The number of nitrogens with one attached hydrogen (secondary N) is 1. The Kier molecular flexibility index (Phi) is 3.88. The molecule has 2 unspecified atom stereocenters. The average Bonchev–Trinajstić information content (AvgIpc) is 2.60. The first-order valence-corrected chi connectivity index (χ1v) is 6.77. The summed E-state index contributed by atoms with van der Waals surface area (Å²) in [7, 11) is 0. The van der Waals surface area contributed by atoms with Gasteiger partial charge in [0.2, 0.25) is 0 Å². The Balaban J connectivity index is 1.78. The molecule has 2 saturated carbocycles. The van der Waals surface area contributed by atoms with Crippen molar-refractivity contribution in [1.82, 2.24) is 5.32 Å². The number of hydrogen-bond donors (Lipinski definition) is 2. The Hall–Kier alpha value is -0.120. The van der Waals surface area contributed by atoms with Gasteiger partial charge in [-0.25, -0.2) is 0 Å². The maximum Gasteiger partial charge on any atom is 0.0611 e. The first-order chi connectivity index (χ1) is 7.67. The van der Waals surface area contributed by atoms with E-state index >= 15 is 0 Å². The quantitative estimate of drug-likeness (QED) is 0.749. The van der Waals surface area contributed by atoms with Gasteiger partial charge in [0.25, 0.3) is 0 Å². The lowest BCUT2D eigenvalue weighted by Gasteiger charge is -2.49. The van der Waals surface area contributed by atoms with Crippen LogP contribution < -0.4 is 11.1 Å². The molecule has 0 amide bonds. The second kappa shape index (κ2) is 5.03. The van der Waals surface area contributed by atoms with E-state index in [0.717, 1.165) is 31.9 Å². The van der Waals surface area contributed by atoms with Gasteiger partial charge in [-0.3, -0.25) is 0 Å². The molecule has 16 heavy (non-hydrogen) atoms. The monoisotopic (exact) mass is 226 g/mol. The Morgan fingerprint density at radius 3 is 2.62 bits per heavy atom. The fourth-order valence-electron chi connectivity index (χ4n) is 3.28. The summed E-state index contributed by atoms with van der Waals surface area (Å²) in [6.07, 6.45) is 6.65. The minimum Gasteiger partial charge on any atom is -0.378 e. The molecule has 0 heterocycles. The highest BCUT2D eigenvalue weighted by atomic mass is 16.5. The molecule has 2 fully saturated rings. The number of rotatable bonds is 5. The van der Waals surface area contributed by atoms with Crippen LogP contribution in [0.5, 0.6) is 0 Å². The molecule has 2 aliphatic carbocycles. The SMILES string of the molecule is CCOC1CC(CN)(NC2CCC(C)C2)C1. The van der Waals surface area contributed by atoms with Crippen LogP contribution in [0.3, 0.4) is 0 Å². The van der Waals surface area contributed by atoms with Gasteiger partial charge in [-0.2, -0.15) is 0 Å². The predicted molar refractivity (Wildman–Crippen MR) is 66.4 cm³/mol. The molecular formula is C13H26N2O. The molecule has 0 saturated heterocycles. The molecule has 3 heteroatoms. The van der Waals surface area contributed by atoms with E-state index in [1.54, 1.807) is 0 Å². The number of hydrogen-bond acceptors (Lipinski definition) is 3. The maximum absolute atomic E-state index is 5.92. The molecule has 2 rings (SSSR count). The molecule has 2 aliphatic rings. The molecule has 0 aromatic carbocycles. The standard InChI is InChI=1S/C13H26N2O/c1-3-16-12-7-13(8-12,9-14)15-11-5-4-10(2)6-11/h10-12,15H,3-9,14H2,1-2H3. The van der Waals surface area contributed by atoms with Gasteiger partial charge in [0.05, 0.1) is 6.10 Å². The molecule has 3 N–H and O–H groups in total. The predicted octanol–water partition coefficient (Wildman–Crippen LogP) is 1.66. The van der Waals surface area contributed by atoms with Gasteiger partial charge >= 0.3 is 0 Å². The van der Waals surface area contributed by atoms with E-state index in [1.165, 1.54) is 19.3 Å². The van der Waals surface area contributed by atoms with Crippen molar-refractivity contribution in [2.75, 3.05) is 13.2 Å².